The van der Waals surface area contributed by atoms with E-state index in [0.717, 1.165) is 4.68 Å². The third-order valence-corrected chi connectivity index (χ3v) is 2.46. The molecule has 98 valence electrons. The Bertz CT molecular complexity index is 807. The van der Waals surface area contributed by atoms with Gasteiger partial charge < -0.3 is 8.98 Å². The Morgan fingerprint density at radius 1 is 1.30 bits per heavy atom. The Hall–Kier alpha value is -3.14. The van der Waals surface area contributed by atoms with Gasteiger partial charge in [-0.2, -0.15) is 9.78 Å². The number of hydrogen-bond acceptors (Lipinski definition) is 5. The molecule has 0 aliphatic carbocycles. The van der Waals surface area contributed by atoms with E-state index in [9.17, 15) is 4.79 Å². The molecule has 0 atom stereocenters. The minimum Gasteiger partial charge on any atom is -0.443 e. The van der Waals surface area contributed by atoms with Gasteiger partial charge in [0.1, 0.15) is 12.0 Å². The van der Waals surface area contributed by atoms with Gasteiger partial charge in [0.2, 0.25) is 5.89 Å². The summed E-state index contributed by atoms with van der Waals surface area (Å²) in [6, 6.07) is 5.60. The van der Waals surface area contributed by atoms with E-state index in [2.05, 4.69) is 27.0 Å². The number of rotatable bonds is 2. The maximum Gasteiger partial charge on any atom is 0.279 e. The quantitative estimate of drug-likeness (QED) is 0.635. The van der Waals surface area contributed by atoms with E-state index in [-0.39, 0.29) is 5.56 Å². The van der Waals surface area contributed by atoms with Crippen LogP contribution in [0.1, 0.15) is 0 Å². The van der Waals surface area contributed by atoms with Crippen LogP contribution >= 0.6 is 0 Å². The first-order valence-corrected chi connectivity index (χ1v) is 5.78. The fourth-order valence-electron chi connectivity index (χ4n) is 1.54. The van der Waals surface area contributed by atoms with Crippen molar-refractivity contribution in [1.29, 1.82) is 0 Å². The molecule has 0 unspecified atom stereocenters. The van der Waals surface area contributed by atoms with Crippen molar-refractivity contribution in [3.05, 3.63) is 53.7 Å². The predicted octanol–water partition coefficient (Wildman–Crippen LogP) is 0.604. The van der Waals surface area contributed by atoms with Gasteiger partial charge in [-0.1, -0.05) is 5.92 Å². The molecular weight excluding hydrogens is 258 g/mol. The van der Waals surface area contributed by atoms with E-state index < -0.39 is 0 Å². The molecule has 3 heterocycles. The van der Waals surface area contributed by atoms with Crippen molar-refractivity contribution in [1.82, 2.24) is 24.3 Å². The van der Waals surface area contributed by atoms with E-state index in [1.165, 1.54) is 18.5 Å². The van der Waals surface area contributed by atoms with Crippen molar-refractivity contribution in [3.63, 3.8) is 0 Å². The van der Waals surface area contributed by atoms with E-state index in [1.807, 2.05) is 0 Å². The lowest BCUT2D eigenvalue weighted by Crippen LogP contribution is -2.18. The van der Waals surface area contributed by atoms with Gasteiger partial charge in [0.05, 0.1) is 19.1 Å². The maximum atomic E-state index is 11.7. The molecule has 0 saturated carbocycles. The first-order chi connectivity index (χ1) is 9.83. The van der Waals surface area contributed by atoms with Crippen LogP contribution in [0.2, 0.25) is 0 Å². The molecule has 3 aromatic heterocycles. The molecule has 0 radical (unpaired) electrons. The lowest BCUT2D eigenvalue weighted by Gasteiger charge is -1.97. The summed E-state index contributed by atoms with van der Waals surface area (Å²) in [5.74, 6) is 3.18. The lowest BCUT2D eigenvalue weighted by molar-refractivity contribution is 0.569. The molecule has 7 heteroatoms. The Morgan fingerprint density at radius 2 is 2.25 bits per heavy atom. The van der Waals surface area contributed by atoms with Gasteiger partial charge in [0.15, 0.2) is 0 Å². The fraction of sp³-hybridized carbons (Fsp3) is 0.0769. The average Bonchev–Trinajstić information content (AvgIpc) is 3.13. The number of oxazole rings is 1. The van der Waals surface area contributed by atoms with Crippen LogP contribution in [0.15, 0.2) is 52.5 Å². The summed E-state index contributed by atoms with van der Waals surface area (Å²) >= 11 is 0. The highest BCUT2D eigenvalue weighted by Crippen LogP contribution is 2.10. The molecular formula is C13H9N5O2. The number of nitrogens with zero attached hydrogens (tertiary/aromatic N) is 5. The van der Waals surface area contributed by atoms with Crippen molar-refractivity contribution in [2.24, 2.45) is 0 Å². The zero-order chi connectivity index (χ0) is 13.8. The molecule has 0 spiro atoms. The SMILES string of the molecule is O=c1ccc(-c2ncco2)nn1C#CCn1ccnc1. The normalized spacial score (nSPS) is 10.0. The van der Waals surface area contributed by atoms with E-state index in [1.54, 1.807) is 29.4 Å². The van der Waals surface area contributed by atoms with Crippen LogP contribution in [0.25, 0.3) is 11.6 Å². The molecule has 3 rings (SSSR count). The number of aromatic nitrogens is 5. The van der Waals surface area contributed by atoms with E-state index in [0.29, 0.717) is 18.1 Å². The Balaban J connectivity index is 1.88. The van der Waals surface area contributed by atoms with E-state index in [4.69, 9.17) is 4.42 Å². The van der Waals surface area contributed by atoms with Gasteiger partial charge in [-0.15, -0.1) is 0 Å². The summed E-state index contributed by atoms with van der Waals surface area (Å²) in [6.45, 7) is 0.428. The van der Waals surface area contributed by atoms with Crippen molar-refractivity contribution in [2.75, 3.05) is 0 Å². The molecule has 0 aromatic carbocycles. The molecule has 7 nitrogen and oxygen atoms in total. The Labute approximate surface area is 113 Å². The van der Waals surface area contributed by atoms with Crippen LogP contribution in [0.4, 0.5) is 0 Å². The number of imidazole rings is 1. The topological polar surface area (TPSA) is 78.7 Å². The van der Waals surface area contributed by atoms with Crippen LogP contribution < -0.4 is 5.56 Å². The minimum atomic E-state index is -0.307. The molecule has 3 aromatic rings. The van der Waals surface area contributed by atoms with Gasteiger partial charge in [-0.05, 0) is 6.07 Å². The van der Waals surface area contributed by atoms with Gasteiger partial charge in [-0.25, -0.2) is 9.97 Å². The minimum absolute atomic E-state index is 0.307. The third-order valence-electron chi connectivity index (χ3n) is 2.46. The summed E-state index contributed by atoms with van der Waals surface area (Å²) in [7, 11) is 0. The van der Waals surface area contributed by atoms with Crippen LogP contribution in [0.5, 0.6) is 0 Å². The van der Waals surface area contributed by atoms with Gasteiger partial charge in [-0.3, -0.25) is 4.79 Å². The zero-order valence-corrected chi connectivity index (χ0v) is 10.3. The highest BCUT2D eigenvalue weighted by atomic mass is 16.3. The molecule has 20 heavy (non-hydrogen) atoms. The van der Waals surface area contributed by atoms with E-state index >= 15 is 0 Å². The predicted molar refractivity (Wildman–Crippen MR) is 69.4 cm³/mol. The summed E-state index contributed by atoms with van der Waals surface area (Å²) in [4.78, 5) is 19.5. The summed E-state index contributed by atoms with van der Waals surface area (Å²) < 4.78 is 7.98. The van der Waals surface area contributed by atoms with Crippen LogP contribution in [0.3, 0.4) is 0 Å². The monoisotopic (exact) mass is 267 g/mol. The molecule has 0 fully saturated rings. The summed E-state index contributed by atoms with van der Waals surface area (Å²) in [6.07, 6.45) is 8.05. The molecule has 0 N–H and O–H groups in total. The smallest absolute Gasteiger partial charge is 0.279 e. The molecule has 0 amide bonds. The van der Waals surface area contributed by atoms with Gasteiger partial charge in [0.25, 0.3) is 5.56 Å². The molecule has 0 bridgehead atoms. The highest BCUT2D eigenvalue weighted by molar-refractivity contribution is 5.44. The first-order valence-electron chi connectivity index (χ1n) is 5.78. The molecule has 0 aliphatic rings. The Morgan fingerprint density at radius 3 is 3.00 bits per heavy atom. The third kappa shape index (κ3) is 2.49. The van der Waals surface area contributed by atoms with Crippen LogP contribution in [0, 0.1) is 12.0 Å². The first kappa shape index (κ1) is 11.9. The van der Waals surface area contributed by atoms with Crippen molar-refractivity contribution >= 4 is 0 Å². The standard InChI is InChI=1S/C13H9N5O2/c19-12-3-2-11(13-15-5-9-20-13)16-18(12)7-1-6-17-8-4-14-10-17/h2-5,8-10H,6H2. The maximum absolute atomic E-state index is 11.7. The van der Waals surface area contributed by atoms with Crippen molar-refractivity contribution < 1.29 is 4.42 Å². The average molecular weight is 267 g/mol. The second kappa shape index (κ2) is 5.24. The summed E-state index contributed by atoms with van der Waals surface area (Å²) in [5.41, 5.74) is 0.143. The fourth-order valence-corrected chi connectivity index (χ4v) is 1.54. The van der Waals surface area contributed by atoms with Gasteiger partial charge >= 0.3 is 0 Å². The molecule has 0 saturated heterocycles. The lowest BCUT2D eigenvalue weighted by atomic mass is 10.4. The van der Waals surface area contributed by atoms with Gasteiger partial charge in [0, 0.05) is 24.5 Å². The second-order valence-electron chi connectivity index (χ2n) is 3.83. The molecule has 0 aliphatic heterocycles. The van der Waals surface area contributed by atoms with Crippen molar-refractivity contribution in [2.45, 2.75) is 6.54 Å². The Kier molecular flexibility index (Phi) is 3.12. The highest BCUT2D eigenvalue weighted by Gasteiger charge is 2.05. The zero-order valence-electron chi connectivity index (χ0n) is 10.3. The van der Waals surface area contributed by atoms with Crippen molar-refractivity contribution in [3.8, 4) is 23.5 Å². The second-order valence-corrected chi connectivity index (χ2v) is 3.83. The summed E-state index contributed by atoms with van der Waals surface area (Å²) in [5, 5.41) is 4.08. The van der Waals surface area contributed by atoms with Crippen LogP contribution in [-0.2, 0) is 6.54 Å². The largest absolute Gasteiger partial charge is 0.443 e. The number of hydrogen-bond donors (Lipinski definition) is 0. The van der Waals surface area contributed by atoms with Crippen LogP contribution in [-0.4, -0.2) is 24.3 Å².